The highest BCUT2D eigenvalue weighted by Gasteiger charge is 2.21. The van der Waals surface area contributed by atoms with E-state index in [0.717, 1.165) is 11.9 Å². The predicted molar refractivity (Wildman–Crippen MR) is 49.5 cm³/mol. The van der Waals surface area contributed by atoms with Crippen molar-refractivity contribution in [3.8, 4) is 0 Å². The molecule has 0 aromatic heterocycles. The van der Waals surface area contributed by atoms with Crippen molar-refractivity contribution in [3.05, 3.63) is 0 Å². The van der Waals surface area contributed by atoms with Crippen LogP contribution < -0.4 is 0 Å². The zero-order chi connectivity index (χ0) is 8.10. The van der Waals surface area contributed by atoms with Gasteiger partial charge in [-0.3, -0.25) is 4.90 Å². The summed E-state index contributed by atoms with van der Waals surface area (Å²) in [6.07, 6.45) is 4.02. The molecular formula is C8H17NOS. The van der Waals surface area contributed by atoms with Crippen molar-refractivity contribution in [3.63, 3.8) is 0 Å². The molecule has 3 heteroatoms. The topological polar surface area (TPSA) is 12.5 Å². The fraction of sp³-hybridized carbons (Fsp3) is 1.00. The Bertz CT molecular complexity index is 110. The van der Waals surface area contributed by atoms with Crippen molar-refractivity contribution < 1.29 is 4.18 Å². The van der Waals surface area contributed by atoms with Crippen LogP contribution in [0.25, 0.3) is 0 Å². The average molecular weight is 175 g/mol. The Hall–Kier alpha value is 0.270. The van der Waals surface area contributed by atoms with Crippen LogP contribution in [0.5, 0.6) is 0 Å². The van der Waals surface area contributed by atoms with Crippen molar-refractivity contribution in [1.29, 1.82) is 0 Å². The summed E-state index contributed by atoms with van der Waals surface area (Å²) in [7, 11) is 1.74. The molecule has 1 aliphatic rings. The van der Waals surface area contributed by atoms with Gasteiger partial charge in [0, 0.05) is 18.1 Å². The average Bonchev–Trinajstić information content (AvgIpc) is 2.47. The minimum Gasteiger partial charge on any atom is -0.317 e. The van der Waals surface area contributed by atoms with E-state index in [1.807, 2.05) is 0 Å². The Morgan fingerprint density at radius 3 is 3.09 bits per heavy atom. The van der Waals surface area contributed by atoms with Gasteiger partial charge in [-0.05, 0) is 25.8 Å². The number of hydrogen-bond acceptors (Lipinski definition) is 3. The summed E-state index contributed by atoms with van der Waals surface area (Å²) in [4.78, 5) is 2.51. The third-order valence-electron chi connectivity index (χ3n) is 2.31. The van der Waals surface area contributed by atoms with Crippen LogP contribution in [0.3, 0.4) is 0 Å². The summed E-state index contributed by atoms with van der Waals surface area (Å²) in [5.41, 5.74) is 0. The molecule has 1 rings (SSSR count). The maximum absolute atomic E-state index is 4.97. The Labute approximate surface area is 73.5 Å². The lowest BCUT2D eigenvalue weighted by Gasteiger charge is -2.21. The van der Waals surface area contributed by atoms with Crippen LogP contribution >= 0.6 is 12.0 Å². The van der Waals surface area contributed by atoms with E-state index in [1.165, 1.54) is 25.8 Å². The van der Waals surface area contributed by atoms with Crippen LogP contribution in [0.15, 0.2) is 0 Å². The molecule has 2 nitrogen and oxygen atoms in total. The molecule has 66 valence electrons. The minimum atomic E-state index is 0.817. The van der Waals surface area contributed by atoms with E-state index in [1.54, 1.807) is 19.2 Å². The van der Waals surface area contributed by atoms with Gasteiger partial charge in [0.2, 0.25) is 0 Å². The van der Waals surface area contributed by atoms with Gasteiger partial charge in [0.25, 0.3) is 0 Å². The summed E-state index contributed by atoms with van der Waals surface area (Å²) in [5, 5.41) is 0. The van der Waals surface area contributed by atoms with Gasteiger partial charge in [-0.15, -0.1) is 0 Å². The first-order valence-corrected chi connectivity index (χ1v) is 5.19. The van der Waals surface area contributed by atoms with Crippen molar-refractivity contribution >= 4 is 12.0 Å². The molecule has 1 heterocycles. The second-order valence-corrected chi connectivity index (χ2v) is 3.76. The van der Waals surface area contributed by atoms with Crippen LogP contribution in [0, 0.1) is 0 Å². The molecule has 1 aliphatic heterocycles. The molecule has 0 aliphatic carbocycles. The molecule has 0 aromatic rings. The van der Waals surface area contributed by atoms with Crippen molar-refractivity contribution in [2.24, 2.45) is 0 Å². The van der Waals surface area contributed by atoms with Gasteiger partial charge in [-0.2, -0.15) is 0 Å². The Balaban J connectivity index is 2.20. The molecule has 0 amide bonds. The van der Waals surface area contributed by atoms with Crippen molar-refractivity contribution in [1.82, 2.24) is 4.90 Å². The first kappa shape index (κ1) is 9.36. The van der Waals surface area contributed by atoms with Crippen molar-refractivity contribution in [2.75, 3.05) is 19.5 Å². The smallest absolute Gasteiger partial charge is 0.0713 e. The zero-order valence-corrected chi connectivity index (χ0v) is 8.19. The Morgan fingerprint density at radius 2 is 2.45 bits per heavy atom. The van der Waals surface area contributed by atoms with E-state index in [-0.39, 0.29) is 0 Å². The molecule has 1 fully saturated rings. The van der Waals surface area contributed by atoms with Gasteiger partial charge in [0.1, 0.15) is 0 Å². The molecule has 0 saturated carbocycles. The second-order valence-electron chi connectivity index (χ2n) is 2.93. The summed E-state index contributed by atoms with van der Waals surface area (Å²) < 4.78 is 4.97. The normalized spacial score (nSPS) is 26.2. The zero-order valence-electron chi connectivity index (χ0n) is 7.38. The monoisotopic (exact) mass is 175 g/mol. The number of rotatable bonds is 4. The maximum Gasteiger partial charge on any atom is 0.0713 e. The van der Waals surface area contributed by atoms with Gasteiger partial charge >= 0.3 is 0 Å². The molecule has 0 spiro atoms. The van der Waals surface area contributed by atoms with E-state index in [0.29, 0.717) is 0 Å². The summed E-state index contributed by atoms with van der Waals surface area (Å²) in [5.74, 6) is 1.04. The molecule has 0 N–H and O–H groups in total. The molecule has 0 radical (unpaired) electrons. The van der Waals surface area contributed by atoms with E-state index in [4.69, 9.17) is 4.18 Å². The van der Waals surface area contributed by atoms with Gasteiger partial charge in [0.15, 0.2) is 0 Å². The maximum atomic E-state index is 4.97. The lowest BCUT2D eigenvalue weighted by atomic mass is 10.2. The fourth-order valence-electron chi connectivity index (χ4n) is 1.65. The van der Waals surface area contributed by atoms with Crippen molar-refractivity contribution in [2.45, 2.75) is 32.2 Å². The summed E-state index contributed by atoms with van der Waals surface area (Å²) in [6, 6.07) is 0.817. The van der Waals surface area contributed by atoms with Gasteiger partial charge in [0.05, 0.1) is 13.0 Å². The molecule has 1 atom stereocenters. The lowest BCUT2D eigenvalue weighted by molar-refractivity contribution is 0.286. The first-order valence-electron chi connectivity index (χ1n) is 4.28. The Morgan fingerprint density at radius 1 is 1.64 bits per heavy atom. The second kappa shape index (κ2) is 5.01. The Kier molecular flexibility index (Phi) is 4.26. The van der Waals surface area contributed by atoms with Gasteiger partial charge < -0.3 is 4.18 Å². The van der Waals surface area contributed by atoms with Crippen LogP contribution in [0.4, 0.5) is 0 Å². The van der Waals surface area contributed by atoms with Crippen LogP contribution in [0.2, 0.25) is 0 Å². The summed E-state index contributed by atoms with van der Waals surface area (Å²) >= 11 is 1.55. The van der Waals surface area contributed by atoms with E-state index in [2.05, 4.69) is 11.8 Å². The largest absolute Gasteiger partial charge is 0.317 e. The van der Waals surface area contributed by atoms with Crippen LogP contribution in [-0.4, -0.2) is 30.5 Å². The third-order valence-corrected chi connectivity index (χ3v) is 2.98. The van der Waals surface area contributed by atoms with E-state index >= 15 is 0 Å². The highest BCUT2D eigenvalue weighted by atomic mass is 32.2. The highest BCUT2D eigenvalue weighted by molar-refractivity contribution is 7.94. The molecular weight excluding hydrogens is 158 g/mol. The van der Waals surface area contributed by atoms with E-state index < -0.39 is 0 Å². The fourth-order valence-corrected chi connectivity index (χ4v) is 2.23. The molecule has 11 heavy (non-hydrogen) atoms. The van der Waals surface area contributed by atoms with E-state index in [9.17, 15) is 0 Å². The SMILES string of the molecule is CCC1CCCN1CSOC. The van der Waals surface area contributed by atoms with Gasteiger partial charge in [-0.1, -0.05) is 6.92 Å². The van der Waals surface area contributed by atoms with Crippen LogP contribution in [-0.2, 0) is 4.18 Å². The number of likely N-dealkylation sites (tertiary alicyclic amines) is 1. The van der Waals surface area contributed by atoms with Crippen LogP contribution in [0.1, 0.15) is 26.2 Å². The number of hydrogen-bond donors (Lipinski definition) is 0. The molecule has 0 aromatic carbocycles. The highest BCUT2D eigenvalue weighted by Crippen LogP contribution is 2.21. The third kappa shape index (κ3) is 2.65. The lowest BCUT2D eigenvalue weighted by Crippen LogP contribution is -2.28. The summed E-state index contributed by atoms with van der Waals surface area (Å²) in [6.45, 7) is 3.52. The molecule has 1 saturated heterocycles. The van der Waals surface area contributed by atoms with Gasteiger partial charge in [-0.25, -0.2) is 0 Å². The molecule has 1 unspecified atom stereocenters. The quantitative estimate of drug-likeness (QED) is 0.607. The molecule has 0 bridgehead atoms. The first-order chi connectivity index (χ1) is 5.38. The predicted octanol–water partition coefficient (Wildman–Crippen LogP) is 2.11. The standard InChI is InChI=1S/C8H17NOS/c1-3-8-5-4-6-9(8)7-11-10-2/h8H,3-7H2,1-2H3. The number of nitrogens with zero attached hydrogens (tertiary/aromatic N) is 1. The minimum absolute atomic E-state index is 0.817.